The van der Waals surface area contributed by atoms with Gasteiger partial charge in [0.1, 0.15) is 5.75 Å². The van der Waals surface area contributed by atoms with E-state index in [4.69, 9.17) is 5.11 Å². The van der Waals surface area contributed by atoms with Crippen LogP contribution in [0.2, 0.25) is 0 Å². The zero-order chi connectivity index (χ0) is 16.8. The van der Waals surface area contributed by atoms with E-state index in [2.05, 4.69) is 4.74 Å². The lowest BCUT2D eigenvalue weighted by Gasteiger charge is -2.20. The van der Waals surface area contributed by atoms with E-state index in [9.17, 15) is 22.8 Å². The van der Waals surface area contributed by atoms with Crippen molar-refractivity contribution in [3.8, 4) is 5.75 Å². The Morgan fingerprint density at radius 3 is 2.27 bits per heavy atom. The Balaban J connectivity index is 2.61. The van der Waals surface area contributed by atoms with Gasteiger partial charge < -0.3 is 14.7 Å². The molecule has 0 radical (unpaired) electrons. The molecule has 1 N–H and O–H groups in total. The number of carbonyl (C=O) groups is 2. The zero-order valence-corrected chi connectivity index (χ0v) is 11.9. The fourth-order valence-electron chi connectivity index (χ4n) is 1.79. The molecule has 5 nitrogen and oxygen atoms in total. The lowest BCUT2D eigenvalue weighted by molar-refractivity contribution is -0.274. The number of halogens is 3. The van der Waals surface area contributed by atoms with Crippen LogP contribution in [0, 0.1) is 0 Å². The Kier molecular flexibility index (Phi) is 6.21. The van der Waals surface area contributed by atoms with Crippen molar-refractivity contribution in [2.24, 2.45) is 0 Å². The van der Waals surface area contributed by atoms with Gasteiger partial charge in [-0.2, -0.15) is 0 Å². The molecule has 0 aliphatic rings. The minimum atomic E-state index is -4.76. The number of nitrogens with zero attached hydrogens (tertiary/aromatic N) is 1. The van der Waals surface area contributed by atoms with Gasteiger partial charge in [-0.3, -0.25) is 9.59 Å². The maximum absolute atomic E-state index is 12.0. The number of carbonyl (C=O) groups excluding carboxylic acids is 1. The van der Waals surface area contributed by atoms with Crippen LogP contribution >= 0.6 is 0 Å². The Bertz CT molecular complexity index is 514. The topological polar surface area (TPSA) is 66.8 Å². The van der Waals surface area contributed by atoms with Crippen LogP contribution in [-0.2, 0) is 16.0 Å². The summed E-state index contributed by atoms with van der Waals surface area (Å²) in [5, 5.41) is 8.61. The van der Waals surface area contributed by atoms with Gasteiger partial charge in [0, 0.05) is 13.1 Å². The van der Waals surface area contributed by atoms with E-state index in [0.717, 1.165) is 12.1 Å². The molecule has 0 heterocycles. The van der Waals surface area contributed by atoms with Gasteiger partial charge in [0.15, 0.2) is 0 Å². The monoisotopic (exact) mass is 319 g/mol. The maximum atomic E-state index is 12.0. The van der Waals surface area contributed by atoms with Gasteiger partial charge in [-0.05, 0) is 24.6 Å². The molecule has 0 atom stereocenters. The SMILES string of the molecule is CCN(CCC(=O)O)C(=O)Cc1ccc(OC(F)(F)F)cc1. The van der Waals surface area contributed by atoms with Gasteiger partial charge in [0.25, 0.3) is 0 Å². The summed E-state index contributed by atoms with van der Waals surface area (Å²) in [4.78, 5) is 23.9. The number of aliphatic carboxylic acids is 1. The van der Waals surface area contributed by atoms with Crippen LogP contribution in [0.15, 0.2) is 24.3 Å². The Morgan fingerprint density at radius 1 is 1.23 bits per heavy atom. The number of likely N-dealkylation sites (N-methyl/N-ethyl adjacent to an activating group) is 1. The number of benzene rings is 1. The lowest BCUT2D eigenvalue weighted by Crippen LogP contribution is -2.34. The largest absolute Gasteiger partial charge is 0.573 e. The number of hydrogen-bond donors (Lipinski definition) is 1. The molecule has 0 aliphatic heterocycles. The van der Waals surface area contributed by atoms with E-state index in [-0.39, 0.29) is 31.0 Å². The van der Waals surface area contributed by atoms with Crippen molar-refractivity contribution in [3.05, 3.63) is 29.8 Å². The molecule has 1 rings (SSSR count). The highest BCUT2D eigenvalue weighted by atomic mass is 19.4. The fraction of sp³-hybridized carbons (Fsp3) is 0.429. The van der Waals surface area contributed by atoms with Crippen LogP contribution in [0.1, 0.15) is 18.9 Å². The maximum Gasteiger partial charge on any atom is 0.573 e. The van der Waals surface area contributed by atoms with E-state index in [1.54, 1.807) is 6.92 Å². The van der Waals surface area contributed by atoms with E-state index in [1.165, 1.54) is 17.0 Å². The van der Waals surface area contributed by atoms with Crippen molar-refractivity contribution in [3.63, 3.8) is 0 Å². The Labute approximate surface area is 125 Å². The summed E-state index contributed by atoms with van der Waals surface area (Å²) in [7, 11) is 0. The summed E-state index contributed by atoms with van der Waals surface area (Å²) in [5.41, 5.74) is 0.522. The number of rotatable bonds is 7. The van der Waals surface area contributed by atoms with Crippen molar-refractivity contribution in [2.45, 2.75) is 26.1 Å². The first-order valence-corrected chi connectivity index (χ1v) is 6.55. The van der Waals surface area contributed by atoms with Crippen LogP contribution in [0.5, 0.6) is 5.75 Å². The van der Waals surface area contributed by atoms with Crippen LogP contribution in [0.4, 0.5) is 13.2 Å². The van der Waals surface area contributed by atoms with Crippen molar-refractivity contribution >= 4 is 11.9 Å². The molecule has 0 fully saturated rings. The minimum absolute atomic E-state index is 0.0141. The van der Waals surface area contributed by atoms with Gasteiger partial charge in [-0.15, -0.1) is 13.2 Å². The smallest absolute Gasteiger partial charge is 0.481 e. The second kappa shape index (κ2) is 7.67. The predicted molar refractivity (Wildman–Crippen MR) is 71.3 cm³/mol. The summed E-state index contributed by atoms with van der Waals surface area (Å²) in [6, 6.07) is 4.99. The highest BCUT2D eigenvalue weighted by Gasteiger charge is 2.30. The average molecular weight is 319 g/mol. The fourth-order valence-corrected chi connectivity index (χ4v) is 1.79. The second-order valence-corrected chi connectivity index (χ2v) is 4.49. The molecule has 1 aromatic carbocycles. The summed E-state index contributed by atoms with van der Waals surface area (Å²) >= 11 is 0. The molecule has 0 bridgehead atoms. The molecular formula is C14H16F3NO4. The average Bonchev–Trinajstić information content (AvgIpc) is 2.39. The highest BCUT2D eigenvalue weighted by Crippen LogP contribution is 2.22. The molecule has 22 heavy (non-hydrogen) atoms. The number of alkyl halides is 3. The molecule has 1 aromatic rings. The third-order valence-electron chi connectivity index (χ3n) is 2.84. The quantitative estimate of drug-likeness (QED) is 0.838. The van der Waals surface area contributed by atoms with Crippen LogP contribution in [0.3, 0.4) is 0 Å². The first kappa shape index (κ1) is 17.8. The van der Waals surface area contributed by atoms with E-state index >= 15 is 0 Å². The minimum Gasteiger partial charge on any atom is -0.481 e. The molecule has 0 unspecified atom stereocenters. The van der Waals surface area contributed by atoms with E-state index in [0.29, 0.717) is 12.1 Å². The standard InChI is InChI=1S/C14H16F3NO4/c1-2-18(8-7-13(20)21)12(19)9-10-3-5-11(6-4-10)22-14(15,16)17/h3-6H,2,7-9H2,1H3,(H,20,21). The molecule has 0 aliphatic carbocycles. The van der Waals surface area contributed by atoms with Gasteiger partial charge in [-0.25, -0.2) is 0 Å². The molecule has 0 aromatic heterocycles. The predicted octanol–water partition coefficient (Wildman–Crippen LogP) is 2.45. The van der Waals surface area contributed by atoms with Gasteiger partial charge >= 0.3 is 12.3 Å². The van der Waals surface area contributed by atoms with Crippen molar-refractivity contribution in [1.29, 1.82) is 0 Å². The highest BCUT2D eigenvalue weighted by molar-refractivity contribution is 5.79. The van der Waals surface area contributed by atoms with Crippen molar-refractivity contribution in [2.75, 3.05) is 13.1 Å². The molecular weight excluding hydrogens is 303 g/mol. The van der Waals surface area contributed by atoms with Crippen LogP contribution in [-0.4, -0.2) is 41.3 Å². The van der Waals surface area contributed by atoms with E-state index in [1.807, 2.05) is 0 Å². The molecule has 0 spiro atoms. The Hall–Kier alpha value is -2.25. The third-order valence-corrected chi connectivity index (χ3v) is 2.84. The molecule has 1 amide bonds. The van der Waals surface area contributed by atoms with E-state index < -0.39 is 12.3 Å². The number of ether oxygens (including phenoxy) is 1. The number of hydrogen-bond acceptors (Lipinski definition) is 3. The number of carboxylic acid groups (broad SMARTS) is 1. The molecule has 8 heteroatoms. The summed E-state index contributed by atoms with van der Waals surface area (Å²) < 4.78 is 39.8. The first-order valence-electron chi connectivity index (χ1n) is 6.55. The second-order valence-electron chi connectivity index (χ2n) is 4.49. The van der Waals surface area contributed by atoms with Crippen molar-refractivity contribution in [1.82, 2.24) is 4.90 Å². The van der Waals surface area contributed by atoms with Gasteiger partial charge in [-0.1, -0.05) is 12.1 Å². The lowest BCUT2D eigenvalue weighted by atomic mass is 10.1. The van der Waals surface area contributed by atoms with Gasteiger partial charge in [0.2, 0.25) is 5.91 Å². The normalized spacial score (nSPS) is 11.1. The summed E-state index contributed by atoms with van der Waals surface area (Å²) in [5.74, 6) is -1.64. The van der Waals surface area contributed by atoms with Crippen LogP contribution < -0.4 is 4.74 Å². The summed E-state index contributed by atoms with van der Waals surface area (Å²) in [6.45, 7) is 2.18. The Morgan fingerprint density at radius 2 is 1.82 bits per heavy atom. The first-order chi connectivity index (χ1) is 10.2. The van der Waals surface area contributed by atoms with Gasteiger partial charge in [0.05, 0.1) is 12.8 Å². The number of carboxylic acids is 1. The third kappa shape index (κ3) is 6.47. The summed E-state index contributed by atoms with van der Waals surface area (Å²) in [6.07, 6.45) is -4.93. The van der Waals surface area contributed by atoms with Crippen LogP contribution in [0.25, 0.3) is 0 Å². The molecule has 0 saturated heterocycles. The number of amides is 1. The van der Waals surface area contributed by atoms with Crippen molar-refractivity contribution < 1.29 is 32.6 Å². The molecule has 0 saturated carbocycles. The zero-order valence-electron chi connectivity index (χ0n) is 11.9. The molecule has 122 valence electrons.